The van der Waals surface area contributed by atoms with Crippen LogP contribution in [-0.2, 0) is 62.5 Å². The van der Waals surface area contributed by atoms with Gasteiger partial charge in [-0.05, 0) is 103 Å². The van der Waals surface area contributed by atoms with Crippen molar-refractivity contribution >= 4 is 78.4 Å². The molecule has 0 aliphatic carbocycles. The zero-order chi connectivity index (χ0) is 60.2. The van der Waals surface area contributed by atoms with Crippen LogP contribution in [0.15, 0.2) is 66.3 Å². The number of hydrogen-bond acceptors (Lipinski definition) is 13. The zero-order valence-corrected chi connectivity index (χ0v) is 50.9. The fourth-order valence-corrected chi connectivity index (χ4v) is 10.5. The smallest absolute Gasteiger partial charge is 0.407 e. The molecule has 6 N–H and O–H groups in total. The molecule has 0 saturated carbocycles. The number of rotatable bonds is 20. The zero-order valence-electron chi connectivity index (χ0n) is 49.1. The Kier molecular flexibility index (Phi) is 26.6. The number of aromatic nitrogens is 1. The van der Waals surface area contributed by atoms with E-state index in [0.717, 1.165) is 40.6 Å². The summed E-state index contributed by atoms with van der Waals surface area (Å²) in [7, 11) is 8.81. The molecule has 1 aromatic heterocycles. The van der Waals surface area contributed by atoms with Gasteiger partial charge in [-0.15, -0.1) is 0 Å². The summed E-state index contributed by atoms with van der Waals surface area (Å²) in [5, 5.41) is 28.7. The predicted molar refractivity (Wildman–Crippen MR) is 315 cm³/mol. The van der Waals surface area contributed by atoms with Gasteiger partial charge in [0.05, 0.1) is 49.5 Å². The number of methoxy groups -OCH3 is 1. The molecule has 3 aromatic rings. The van der Waals surface area contributed by atoms with Crippen molar-refractivity contribution in [2.45, 2.75) is 148 Å². The molecule has 81 heavy (non-hydrogen) atoms. The van der Waals surface area contributed by atoms with Gasteiger partial charge in [0.25, 0.3) is 0 Å². The lowest BCUT2D eigenvalue weighted by Crippen LogP contribution is -2.48. The summed E-state index contributed by atoms with van der Waals surface area (Å²) in [6.45, 7) is 14.5. The summed E-state index contributed by atoms with van der Waals surface area (Å²) >= 11 is 6.60. The summed E-state index contributed by atoms with van der Waals surface area (Å²) < 4.78 is 25.2. The molecule has 3 aliphatic rings. The molecule has 5 amide bonds. The Hall–Kier alpha value is -6.09. The van der Waals surface area contributed by atoms with E-state index in [1.165, 1.54) is 18.9 Å². The van der Waals surface area contributed by atoms with E-state index in [4.69, 9.17) is 40.8 Å². The fraction of sp³-hybridized carbons (Fsp3) is 0.569. The molecule has 2 saturated heterocycles. The van der Waals surface area contributed by atoms with E-state index in [1.54, 1.807) is 26.0 Å². The van der Waals surface area contributed by atoms with Gasteiger partial charge in [-0.2, -0.15) is 0 Å². The highest BCUT2D eigenvalue weighted by Crippen LogP contribution is 2.47. The van der Waals surface area contributed by atoms with Crippen LogP contribution in [0.3, 0.4) is 0 Å². The summed E-state index contributed by atoms with van der Waals surface area (Å²) in [5.41, 5.74) is 7.09. The number of aryl methyl sites for hydroxylation is 1. The van der Waals surface area contributed by atoms with Crippen LogP contribution in [0, 0.1) is 5.92 Å². The summed E-state index contributed by atoms with van der Waals surface area (Å²) in [6, 6.07) is 13.2. The van der Waals surface area contributed by atoms with Crippen molar-refractivity contribution in [2.24, 2.45) is 5.92 Å². The van der Waals surface area contributed by atoms with E-state index in [2.05, 4.69) is 64.1 Å². The number of alkyl carbamates (subject to hydrolysis) is 1. The van der Waals surface area contributed by atoms with Crippen LogP contribution in [0.25, 0.3) is 10.9 Å². The van der Waals surface area contributed by atoms with E-state index in [-0.39, 0.29) is 88.0 Å². The number of anilines is 1. The Morgan fingerprint density at radius 2 is 1.78 bits per heavy atom. The van der Waals surface area contributed by atoms with Gasteiger partial charge in [0, 0.05) is 89.2 Å². The predicted octanol–water partition coefficient (Wildman–Crippen LogP) is 7.26. The molecule has 2 aromatic carbocycles. The molecule has 448 valence electrons. The first-order chi connectivity index (χ1) is 38.2. The van der Waals surface area contributed by atoms with Crippen LogP contribution in [0.4, 0.5) is 10.5 Å². The van der Waals surface area contributed by atoms with Gasteiger partial charge in [0.1, 0.15) is 22.9 Å². The maximum atomic E-state index is 13.2. The lowest BCUT2D eigenvalue weighted by molar-refractivity contribution is -0.147. The number of nitrogens with zero attached hydrogens (tertiary/aromatic N) is 4. The number of halogens is 1. The van der Waals surface area contributed by atoms with Gasteiger partial charge >= 0.3 is 18.0 Å². The number of nitrogens with one attached hydrogen (secondary N) is 4. The molecule has 23 heteroatoms. The number of hydrazine groups is 1. The third-order valence-electron chi connectivity index (χ3n) is 14.6. The second-order valence-electron chi connectivity index (χ2n) is 21.5. The molecule has 5 unspecified atom stereocenters. The third kappa shape index (κ3) is 21.3. The van der Waals surface area contributed by atoms with Crippen LogP contribution in [0.1, 0.15) is 105 Å². The van der Waals surface area contributed by atoms with Gasteiger partial charge < -0.3 is 59.5 Å². The van der Waals surface area contributed by atoms with Crippen molar-refractivity contribution < 1.29 is 62.7 Å². The second-order valence-corrected chi connectivity index (χ2v) is 23.0. The minimum atomic E-state index is -1.04. The number of carboxylic acid groups (broad SMARTS) is 2. The van der Waals surface area contributed by atoms with E-state index in [1.807, 2.05) is 76.3 Å². The Morgan fingerprint density at radius 1 is 1.07 bits per heavy atom. The van der Waals surface area contributed by atoms with Crippen LogP contribution < -0.4 is 31.0 Å². The maximum absolute atomic E-state index is 13.2. The number of carboxylic acids is 2. The Labute approximate surface area is 483 Å². The standard InChI is InChI=1S/C28H45N6O6P.C27H35ClN2O5.C3H6O2/c1-20(27(38)39)33(6)26(37)18-41-19-40-28(2,3)12-13-30-25(36)16-31-24(35)11-14-34-22(17-32(5)29-4)15-21-9-7-8-10-23(21)34;1-16-8-6-7-9-19-15-21(34-26(32)29-19)17(2)25-27(3,35-25)11-10-23(31)30(4)20-13-18(12-16)14-22(33-5)24(20)28;1-2-3(4)5/h7-10,15,20,29,41H,11-14,16-19H2,1-6H3,(H,30,36)(H,31,35)(H,38,39);6-8,13-14,17,19,21,25H,9-12,15H2,1-5H3,(H,29,32);2H2,1H3,(H,4,5)/b;7-6+,16-8+;/t20-;17-,19?,21?,25?,27?;/m01./s1. The minimum Gasteiger partial charge on any atom is -0.495 e. The quantitative estimate of drug-likeness (QED) is 0.0281. The minimum absolute atomic E-state index is 0.0130. The number of likely N-dealkylation sites (N-methyl/N-ethyl adjacent to an activating group) is 1. The molecule has 2 fully saturated rings. The maximum Gasteiger partial charge on any atom is 0.407 e. The number of para-hydroxylation sites is 1. The molecule has 3 aliphatic heterocycles. The first kappa shape index (κ1) is 67.4. The van der Waals surface area contributed by atoms with Gasteiger partial charge in [0.2, 0.25) is 23.6 Å². The number of amides is 5. The molecule has 6 rings (SSSR count). The summed E-state index contributed by atoms with van der Waals surface area (Å²) in [5.74, 6) is -1.98. The highest BCUT2D eigenvalue weighted by molar-refractivity contribution is 7.39. The lowest BCUT2D eigenvalue weighted by atomic mass is 9.86. The largest absolute Gasteiger partial charge is 0.495 e. The molecule has 4 bridgehead atoms. The van der Waals surface area contributed by atoms with Crippen molar-refractivity contribution in [3.8, 4) is 5.75 Å². The number of epoxide rings is 1. The normalized spacial score (nSPS) is 21.6. The molecular formula is C58H86ClN8O13P. The number of benzene rings is 2. The lowest BCUT2D eigenvalue weighted by Gasteiger charge is -2.33. The number of aliphatic carboxylic acids is 2. The Bertz CT molecular complexity index is 2720. The molecular weight excluding hydrogens is 1080 g/mol. The average Bonchev–Trinajstić information content (AvgIpc) is 4.07. The first-order valence-electron chi connectivity index (χ1n) is 27.4. The molecule has 7 atom stereocenters. The van der Waals surface area contributed by atoms with Gasteiger partial charge in [-0.1, -0.05) is 76.0 Å². The number of hydrogen-bond donors (Lipinski definition) is 6. The van der Waals surface area contributed by atoms with Crippen molar-refractivity contribution in [2.75, 3.05) is 65.8 Å². The monoisotopic (exact) mass is 1170 g/mol. The number of carbonyl (C=O) groups is 7. The molecule has 21 nitrogen and oxygen atoms in total. The Balaban J connectivity index is 0.000000324. The van der Waals surface area contributed by atoms with Crippen LogP contribution >= 0.6 is 20.2 Å². The van der Waals surface area contributed by atoms with E-state index >= 15 is 0 Å². The fourth-order valence-electron chi connectivity index (χ4n) is 9.18. The van der Waals surface area contributed by atoms with Crippen LogP contribution in [-0.4, -0.2) is 163 Å². The average molecular weight is 1170 g/mol. The number of carbonyl (C=O) groups excluding carboxylic acids is 5. The second kappa shape index (κ2) is 31.9. The van der Waals surface area contributed by atoms with E-state index in [9.17, 15) is 33.6 Å². The highest BCUT2D eigenvalue weighted by atomic mass is 35.5. The molecule has 0 spiro atoms. The van der Waals surface area contributed by atoms with Crippen molar-refractivity contribution in [1.82, 2.24) is 35.9 Å². The van der Waals surface area contributed by atoms with E-state index in [0.29, 0.717) is 68.1 Å². The summed E-state index contributed by atoms with van der Waals surface area (Å²) in [4.78, 5) is 85.5. The molecule has 0 radical (unpaired) electrons. The molecule has 4 heterocycles. The third-order valence-corrected chi connectivity index (χ3v) is 15.9. The topological polar surface area (TPSA) is 263 Å². The Morgan fingerprint density at radius 3 is 2.44 bits per heavy atom. The first-order valence-corrected chi connectivity index (χ1v) is 29.2. The SMILES string of the molecule is CCC(=O)O.CNN(C)Cc1cc2ccccc2n1CCC(=O)NCC(=O)NCCC(C)(C)OCPCC(=O)N(C)[C@@H](C)C(=O)O.COc1cc2cc(c1Cl)N(C)C(=O)CCC1(C)OC1[C@H](C)C1CC(C/C=C/C=C(\C)C2)NC(=O)O1. The number of fused-ring (bicyclic) bond motifs is 6. The number of ether oxygens (including phenoxy) is 4. The number of allylic oxidation sites excluding steroid dienone is 3. The summed E-state index contributed by atoms with van der Waals surface area (Å²) in [6.07, 6.45) is 10.1. The van der Waals surface area contributed by atoms with Crippen LogP contribution in [0.2, 0.25) is 5.02 Å². The van der Waals surface area contributed by atoms with Gasteiger partial charge in [-0.3, -0.25) is 29.4 Å². The van der Waals surface area contributed by atoms with Crippen molar-refractivity contribution in [1.29, 1.82) is 0 Å². The van der Waals surface area contributed by atoms with Crippen molar-refractivity contribution in [3.05, 3.63) is 82.5 Å². The van der Waals surface area contributed by atoms with Gasteiger partial charge in [0.15, 0.2) is 0 Å². The van der Waals surface area contributed by atoms with Crippen LogP contribution in [0.5, 0.6) is 5.75 Å². The van der Waals surface area contributed by atoms with Crippen molar-refractivity contribution in [3.63, 3.8) is 0 Å². The van der Waals surface area contributed by atoms with E-state index < -0.39 is 29.2 Å². The van der Waals surface area contributed by atoms with Gasteiger partial charge in [-0.25, -0.2) is 14.6 Å². The highest BCUT2D eigenvalue weighted by Gasteiger charge is 2.57.